The van der Waals surface area contributed by atoms with Crippen LogP contribution in [-0.2, 0) is 13.1 Å². The van der Waals surface area contributed by atoms with Crippen molar-refractivity contribution >= 4 is 16.9 Å². The monoisotopic (exact) mass is 381 g/mol. The van der Waals surface area contributed by atoms with E-state index in [-0.39, 0.29) is 12.1 Å². The summed E-state index contributed by atoms with van der Waals surface area (Å²) in [7, 11) is 1.66. The van der Waals surface area contributed by atoms with Crippen LogP contribution in [0.5, 0.6) is 5.75 Å². The van der Waals surface area contributed by atoms with E-state index in [0.29, 0.717) is 6.54 Å². The van der Waals surface area contributed by atoms with Crippen LogP contribution in [0.4, 0.5) is 4.79 Å². The first-order chi connectivity index (χ1) is 13.7. The number of nitrogens with zero attached hydrogens (tertiary/aromatic N) is 3. The number of hydrogen-bond acceptors (Lipinski definition) is 3. The van der Waals surface area contributed by atoms with E-state index >= 15 is 0 Å². The SMILES string of the molecule is COc1ccc2[nH]c(CNC(=O)N3CCCC[C@H]3CCn3cccn3)cc2c1. The Kier molecular flexibility index (Phi) is 5.50. The number of benzene rings is 1. The number of aromatic amines is 1. The average Bonchev–Trinajstić information content (AvgIpc) is 3.39. The maximum atomic E-state index is 12.8. The Labute approximate surface area is 164 Å². The van der Waals surface area contributed by atoms with Crippen LogP contribution in [0.2, 0.25) is 0 Å². The molecule has 7 heteroatoms. The van der Waals surface area contributed by atoms with Gasteiger partial charge in [0.15, 0.2) is 0 Å². The second-order valence-electron chi connectivity index (χ2n) is 7.31. The molecular formula is C21H27N5O2. The minimum absolute atomic E-state index is 0.0152. The van der Waals surface area contributed by atoms with Gasteiger partial charge in [-0.2, -0.15) is 5.10 Å². The van der Waals surface area contributed by atoms with Crippen molar-refractivity contribution in [1.82, 2.24) is 25.0 Å². The number of amides is 2. The molecule has 1 fully saturated rings. The van der Waals surface area contributed by atoms with Crippen molar-refractivity contribution < 1.29 is 9.53 Å². The second-order valence-corrected chi connectivity index (χ2v) is 7.31. The number of carbonyl (C=O) groups excluding carboxylic acids is 1. The van der Waals surface area contributed by atoms with Gasteiger partial charge in [-0.25, -0.2) is 4.79 Å². The quantitative estimate of drug-likeness (QED) is 0.686. The standard InChI is InChI=1S/C21H27N5O2/c1-28-19-6-7-20-16(14-19)13-17(24-20)15-22-21(27)26-11-3-2-5-18(26)8-12-25-10-4-9-23-25/h4,6-7,9-10,13-14,18,24H,2-3,5,8,11-12,15H2,1H3,(H,22,27)/t18-/m0/s1. The maximum absolute atomic E-state index is 12.8. The van der Waals surface area contributed by atoms with Gasteiger partial charge in [-0.15, -0.1) is 0 Å². The Bertz CT molecular complexity index is 918. The number of aromatic nitrogens is 3. The van der Waals surface area contributed by atoms with Crippen LogP contribution >= 0.6 is 0 Å². The summed E-state index contributed by atoms with van der Waals surface area (Å²) >= 11 is 0. The number of rotatable bonds is 6. The van der Waals surface area contributed by atoms with Gasteiger partial charge >= 0.3 is 6.03 Å². The molecule has 0 saturated carbocycles. The van der Waals surface area contributed by atoms with Crippen molar-refractivity contribution in [3.8, 4) is 5.75 Å². The summed E-state index contributed by atoms with van der Waals surface area (Å²) in [4.78, 5) is 18.2. The Morgan fingerprint density at radius 3 is 3.11 bits per heavy atom. The molecule has 0 bridgehead atoms. The van der Waals surface area contributed by atoms with E-state index in [4.69, 9.17) is 4.74 Å². The van der Waals surface area contributed by atoms with Gasteiger partial charge < -0.3 is 19.9 Å². The first kappa shape index (κ1) is 18.4. The fourth-order valence-electron chi connectivity index (χ4n) is 3.95. The minimum Gasteiger partial charge on any atom is -0.497 e. The molecule has 1 aliphatic rings. The van der Waals surface area contributed by atoms with Gasteiger partial charge in [-0.3, -0.25) is 4.68 Å². The number of H-pyrrole nitrogens is 1. The fraction of sp³-hybridized carbons (Fsp3) is 0.429. The van der Waals surface area contributed by atoms with Crippen molar-refractivity contribution in [2.45, 2.75) is 44.8 Å². The molecule has 2 N–H and O–H groups in total. The van der Waals surface area contributed by atoms with Gasteiger partial charge in [-0.1, -0.05) is 0 Å². The second kappa shape index (κ2) is 8.37. The van der Waals surface area contributed by atoms with Gasteiger partial charge in [-0.05, 0) is 56.0 Å². The number of piperidine rings is 1. The van der Waals surface area contributed by atoms with E-state index in [9.17, 15) is 4.79 Å². The lowest BCUT2D eigenvalue weighted by Gasteiger charge is -2.35. The van der Waals surface area contributed by atoms with Crippen LogP contribution in [0.25, 0.3) is 10.9 Å². The Morgan fingerprint density at radius 1 is 1.36 bits per heavy atom. The number of hydrogen-bond donors (Lipinski definition) is 2. The summed E-state index contributed by atoms with van der Waals surface area (Å²) in [5, 5.41) is 8.43. The molecule has 0 aliphatic carbocycles. The zero-order valence-electron chi connectivity index (χ0n) is 16.2. The molecule has 148 valence electrons. The van der Waals surface area contributed by atoms with Gasteiger partial charge in [0.25, 0.3) is 0 Å². The van der Waals surface area contributed by atoms with E-state index < -0.39 is 0 Å². The van der Waals surface area contributed by atoms with E-state index in [0.717, 1.165) is 54.7 Å². The minimum atomic E-state index is 0.0152. The van der Waals surface area contributed by atoms with Gasteiger partial charge in [0.05, 0.1) is 13.7 Å². The molecule has 1 aromatic carbocycles. The number of ether oxygens (including phenoxy) is 1. The molecule has 1 saturated heterocycles. The van der Waals surface area contributed by atoms with Crippen LogP contribution in [-0.4, -0.2) is 45.4 Å². The van der Waals surface area contributed by atoms with E-state index in [1.165, 1.54) is 6.42 Å². The Balaban J connectivity index is 1.36. The van der Waals surface area contributed by atoms with Crippen LogP contribution in [0.1, 0.15) is 31.4 Å². The number of methoxy groups -OCH3 is 1. The van der Waals surface area contributed by atoms with E-state index in [1.54, 1.807) is 13.3 Å². The number of urea groups is 1. The van der Waals surface area contributed by atoms with Crippen LogP contribution in [0.15, 0.2) is 42.7 Å². The number of aryl methyl sites for hydroxylation is 1. The van der Waals surface area contributed by atoms with Crippen molar-refractivity contribution in [2.75, 3.05) is 13.7 Å². The number of carbonyl (C=O) groups is 1. The summed E-state index contributed by atoms with van der Waals surface area (Å²) in [5.41, 5.74) is 2.03. The molecule has 28 heavy (non-hydrogen) atoms. The highest BCUT2D eigenvalue weighted by Gasteiger charge is 2.26. The highest BCUT2D eigenvalue weighted by atomic mass is 16.5. The third-order valence-corrected chi connectivity index (χ3v) is 5.45. The van der Waals surface area contributed by atoms with Gasteiger partial charge in [0.1, 0.15) is 5.75 Å². The summed E-state index contributed by atoms with van der Waals surface area (Å²) in [6.45, 7) is 2.14. The molecule has 0 radical (unpaired) electrons. The van der Waals surface area contributed by atoms with Crippen molar-refractivity contribution in [1.29, 1.82) is 0 Å². The molecule has 1 aliphatic heterocycles. The van der Waals surface area contributed by atoms with E-state index in [1.807, 2.05) is 40.0 Å². The number of likely N-dealkylation sites (tertiary alicyclic amines) is 1. The molecule has 7 nitrogen and oxygen atoms in total. The van der Waals surface area contributed by atoms with Gasteiger partial charge in [0.2, 0.25) is 0 Å². The molecule has 1 atom stereocenters. The van der Waals surface area contributed by atoms with Crippen LogP contribution in [0.3, 0.4) is 0 Å². The number of fused-ring (bicyclic) bond motifs is 1. The zero-order valence-corrected chi connectivity index (χ0v) is 16.2. The van der Waals surface area contributed by atoms with Crippen molar-refractivity contribution in [3.05, 3.63) is 48.4 Å². The third-order valence-electron chi connectivity index (χ3n) is 5.45. The first-order valence-corrected chi connectivity index (χ1v) is 9.90. The molecule has 3 aromatic rings. The highest BCUT2D eigenvalue weighted by Crippen LogP contribution is 2.22. The highest BCUT2D eigenvalue weighted by molar-refractivity contribution is 5.82. The van der Waals surface area contributed by atoms with Crippen LogP contribution < -0.4 is 10.1 Å². The predicted molar refractivity (Wildman–Crippen MR) is 108 cm³/mol. The molecule has 2 amide bonds. The summed E-state index contributed by atoms with van der Waals surface area (Å²) in [6, 6.07) is 10.2. The topological polar surface area (TPSA) is 75.2 Å². The molecule has 0 unspecified atom stereocenters. The number of nitrogens with one attached hydrogen (secondary N) is 2. The summed E-state index contributed by atoms with van der Waals surface area (Å²) in [5.74, 6) is 0.829. The third kappa shape index (κ3) is 4.13. The maximum Gasteiger partial charge on any atom is 0.317 e. The largest absolute Gasteiger partial charge is 0.497 e. The molecule has 3 heterocycles. The molecule has 4 rings (SSSR count). The Morgan fingerprint density at radius 2 is 2.29 bits per heavy atom. The fourth-order valence-corrected chi connectivity index (χ4v) is 3.95. The molecule has 2 aromatic heterocycles. The zero-order chi connectivity index (χ0) is 19.3. The Hall–Kier alpha value is -2.96. The smallest absolute Gasteiger partial charge is 0.317 e. The van der Waals surface area contributed by atoms with Crippen LogP contribution in [0, 0.1) is 0 Å². The predicted octanol–water partition coefficient (Wildman–Crippen LogP) is 3.53. The average molecular weight is 381 g/mol. The van der Waals surface area contributed by atoms with E-state index in [2.05, 4.69) is 21.5 Å². The molecule has 0 spiro atoms. The normalized spacial score (nSPS) is 17.0. The lowest BCUT2D eigenvalue weighted by Crippen LogP contribution is -2.48. The lowest BCUT2D eigenvalue weighted by molar-refractivity contribution is 0.143. The van der Waals surface area contributed by atoms with Gasteiger partial charge in [0, 0.05) is 48.1 Å². The van der Waals surface area contributed by atoms with Crippen molar-refractivity contribution in [2.24, 2.45) is 0 Å². The first-order valence-electron chi connectivity index (χ1n) is 9.90. The van der Waals surface area contributed by atoms with Crippen molar-refractivity contribution in [3.63, 3.8) is 0 Å². The summed E-state index contributed by atoms with van der Waals surface area (Å²) in [6.07, 6.45) is 8.00. The summed E-state index contributed by atoms with van der Waals surface area (Å²) < 4.78 is 7.21. The lowest BCUT2D eigenvalue weighted by atomic mass is 10.00. The molecular weight excluding hydrogens is 354 g/mol.